The largest absolute Gasteiger partial charge is 0.497 e. The summed E-state index contributed by atoms with van der Waals surface area (Å²) < 4.78 is 15.9. The van der Waals surface area contributed by atoms with Crippen molar-refractivity contribution in [2.45, 2.75) is 6.42 Å². The molecule has 1 heterocycles. The molecule has 0 saturated carbocycles. The molecular weight excluding hydrogens is 372 g/mol. The molecule has 29 heavy (non-hydrogen) atoms. The number of rotatable bonds is 8. The minimum Gasteiger partial charge on any atom is -0.497 e. The zero-order valence-electron chi connectivity index (χ0n) is 16.7. The number of methoxy groups -OCH3 is 1. The first-order valence-corrected chi connectivity index (χ1v) is 9.45. The third-order valence-corrected chi connectivity index (χ3v) is 4.40. The summed E-state index contributed by atoms with van der Waals surface area (Å²) in [5.41, 5.74) is 1.72. The molecular formula is C21H26N4O4. The van der Waals surface area contributed by atoms with E-state index in [-0.39, 0.29) is 12.7 Å². The fourth-order valence-corrected chi connectivity index (χ4v) is 2.87. The van der Waals surface area contributed by atoms with E-state index in [0.717, 1.165) is 30.0 Å². The summed E-state index contributed by atoms with van der Waals surface area (Å²) >= 11 is 0. The van der Waals surface area contributed by atoms with Crippen molar-refractivity contribution in [2.24, 2.45) is 4.99 Å². The predicted octanol–water partition coefficient (Wildman–Crippen LogP) is 1.56. The Morgan fingerprint density at radius 1 is 1.03 bits per heavy atom. The van der Waals surface area contributed by atoms with Gasteiger partial charge in [0.1, 0.15) is 5.75 Å². The van der Waals surface area contributed by atoms with E-state index >= 15 is 0 Å². The van der Waals surface area contributed by atoms with Gasteiger partial charge in [0.05, 0.1) is 7.11 Å². The lowest BCUT2D eigenvalue weighted by atomic mass is 10.1. The highest BCUT2D eigenvalue weighted by Gasteiger charge is 2.13. The maximum absolute atomic E-state index is 12.2. The van der Waals surface area contributed by atoms with Crippen LogP contribution in [0.1, 0.15) is 15.9 Å². The summed E-state index contributed by atoms with van der Waals surface area (Å²) in [5.74, 6) is 2.77. The van der Waals surface area contributed by atoms with Gasteiger partial charge < -0.3 is 30.2 Å². The number of nitrogens with zero attached hydrogens (tertiary/aromatic N) is 1. The van der Waals surface area contributed by atoms with Gasteiger partial charge in [0, 0.05) is 32.2 Å². The van der Waals surface area contributed by atoms with E-state index in [1.54, 1.807) is 38.4 Å². The highest BCUT2D eigenvalue weighted by molar-refractivity contribution is 5.94. The Morgan fingerprint density at radius 3 is 2.66 bits per heavy atom. The number of hydrogen-bond acceptors (Lipinski definition) is 5. The van der Waals surface area contributed by atoms with Crippen molar-refractivity contribution in [3.05, 3.63) is 53.6 Å². The molecule has 1 amide bonds. The van der Waals surface area contributed by atoms with Crippen molar-refractivity contribution in [3.8, 4) is 17.2 Å². The fourth-order valence-electron chi connectivity index (χ4n) is 2.87. The molecule has 8 nitrogen and oxygen atoms in total. The quantitative estimate of drug-likeness (QED) is 0.355. The third-order valence-electron chi connectivity index (χ3n) is 4.40. The van der Waals surface area contributed by atoms with Crippen molar-refractivity contribution >= 4 is 11.9 Å². The predicted molar refractivity (Wildman–Crippen MR) is 111 cm³/mol. The molecule has 2 aromatic rings. The zero-order chi connectivity index (χ0) is 20.5. The molecule has 8 heteroatoms. The second-order valence-electron chi connectivity index (χ2n) is 6.35. The second-order valence-corrected chi connectivity index (χ2v) is 6.35. The maximum Gasteiger partial charge on any atom is 0.251 e. The van der Waals surface area contributed by atoms with Crippen LogP contribution in [0.4, 0.5) is 0 Å². The number of carbonyl (C=O) groups is 1. The molecule has 2 aromatic carbocycles. The van der Waals surface area contributed by atoms with Gasteiger partial charge in [-0.05, 0) is 42.3 Å². The second kappa shape index (κ2) is 10.2. The molecule has 154 valence electrons. The minimum atomic E-state index is -0.142. The molecule has 0 fully saturated rings. The van der Waals surface area contributed by atoms with E-state index in [9.17, 15) is 4.79 Å². The lowest BCUT2D eigenvalue weighted by Crippen LogP contribution is -2.42. The van der Waals surface area contributed by atoms with Crippen LogP contribution in [0.3, 0.4) is 0 Å². The SMILES string of the molecule is CN=C(NCCNC(=O)c1cccc(OC)c1)NCCc1ccc2c(c1)OCO2. The molecule has 0 saturated heterocycles. The van der Waals surface area contributed by atoms with E-state index in [4.69, 9.17) is 14.2 Å². The topological polar surface area (TPSA) is 93.2 Å². The normalized spacial score (nSPS) is 12.4. The first-order chi connectivity index (χ1) is 14.2. The van der Waals surface area contributed by atoms with E-state index in [0.29, 0.717) is 30.4 Å². The van der Waals surface area contributed by atoms with Gasteiger partial charge in [0.2, 0.25) is 6.79 Å². The molecule has 1 aliphatic heterocycles. The average molecular weight is 398 g/mol. The van der Waals surface area contributed by atoms with Crippen molar-refractivity contribution in [2.75, 3.05) is 40.6 Å². The standard InChI is InChI=1S/C21H26N4O4/c1-22-21(24-9-8-15-6-7-18-19(12-15)29-14-28-18)25-11-10-23-20(26)16-4-3-5-17(13-16)27-2/h3-7,12-13H,8-11,14H2,1-2H3,(H,23,26)(H2,22,24,25). The van der Waals surface area contributed by atoms with Gasteiger partial charge >= 0.3 is 0 Å². The number of aliphatic imine (C=N–C) groups is 1. The van der Waals surface area contributed by atoms with E-state index in [1.165, 1.54) is 0 Å². The van der Waals surface area contributed by atoms with Crippen molar-refractivity contribution in [3.63, 3.8) is 0 Å². The van der Waals surface area contributed by atoms with Crippen molar-refractivity contribution in [1.82, 2.24) is 16.0 Å². The van der Waals surface area contributed by atoms with Crippen LogP contribution >= 0.6 is 0 Å². The van der Waals surface area contributed by atoms with Gasteiger partial charge in [-0.3, -0.25) is 9.79 Å². The Hall–Kier alpha value is -3.42. The van der Waals surface area contributed by atoms with Gasteiger partial charge in [-0.1, -0.05) is 12.1 Å². The monoisotopic (exact) mass is 398 g/mol. The number of hydrogen-bond donors (Lipinski definition) is 3. The first kappa shape index (κ1) is 20.3. The van der Waals surface area contributed by atoms with Crippen LogP contribution in [0, 0.1) is 0 Å². The number of carbonyl (C=O) groups excluding carboxylic acids is 1. The summed E-state index contributed by atoms with van der Waals surface area (Å²) in [6.45, 7) is 2.02. The lowest BCUT2D eigenvalue weighted by molar-refractivity contribution is 0.0954. The molecule has 3 N–H and O–H groups in total. The van der Waals surface area contributed by atoms with E-state index in [2.05, 4.69) is 20.9 Å². The van der Waals surface area contributed by atoms with E-state index < -0.39 is 0 Å². The highest BCUT2D eigenvalue weighted by Crippen LogP contribution is 2.32. The van der Waals surface area contributed by atoms with Gasteiger partial charge in [-0.25, -0.2) is 0 Å². The number of guanidine groups is 1. The summed E-state index contributed by atoms with van der Waals surface area (Å²) in [7, 11) is 3.29. The molecule has 0 spiro atoms. The summed E-state index contributed by atoms with van der Waals surface area (Å²) in [6, 6.07) is 13.0. The van der Waals surface area contributed by atoms with Crippen LogP contribution < -0.4 is 30.2 Å². The molecule has 0 bridgehead atoms. The van der Waals surface area contributed by atoms with Crippen molar-refractivity contribution in [1.29, 1.82) is 0 Å². The van der Waals surface area contributed by atoms with Crippen LogP contribution in [-0.4, -0.2) is 52.5 Å². The third kappa shape index (κ3) is 5.78. The van der Waals surface area contributed by atoms with Gasteiger partial charge in [-0.15, -0.1) is 0 Å². The lowest BCUT2D eigenvalue weighted by Gasteiger charge is -2.12. The van der Waals surface area contributed by atoms with Gasteiger partial charge in [-0.2, -0.15) is 0 Å². The molecule has 0 aliphatic carbocycles. The van der Waals surface area contributed by atoms with Crippen LogP contribution in [0.2, 0.25) is 0 Å². The Bertz CT molecular complexity index is 870. The van der Waals surface area contributed by atoms with Crippen LogP contribution in [0.5, 0.6) is 17.2 Å². The van der Waals surface area contributed by atoms with Crippen molar-refractivity contribution < 1.29 is 19.0 Å². The number of amides is 1. The average Bonchev–Trinajstić information content (AvgIpc) is 3.23. The number of nitrogens with one attached hydrogen (secondary N) is 3. The maximum atomic E-state index is 12.2. The fraction of sp³-hybridized carbons (Fsp3) is 0.333. The highest BCUT2D eigenvalue weighted by atomic mass is 16.7. The molecule has 3 rings (SSSR count). The molecule has 0 unspecified atom stereocenters. The Labute approximate surface area is 170 Å². The Kier molecular flexibility index (Phi) is 7.16. The number of fused-ring (bicyclic) bond motifs is 1. The smallest absolute Gasteiger partial charge is 0.251 e. The minimum absolute atomic E-state index is 0.142. The summed E-state index contributed by atoms with van der Waals surface area (Å²) in [4.78, 5) is 16.4. The summed E-state index contributed by atoms with van der Waals surface area (Å²) in [5, 5.41) is 9.31. The van der Waals surface area contributed by atoms with Gasteiger partial charge in [0.25, 0.3) is 5.91 Å². The summed E-state index contributed by atoms with van der Waals surface area (Å²) in [6.07, 6.45) is 0.823. The molecule has 0 radical (unpaired) electrons. The number of ether oxygens (including phenoxy) is 3. The first-order valence-electron chi connectivity index (χ1n) is 9.45. The molecule has 0 atom stereocenters. The van der Waals surface area contributed by atoms with Crippen LogP contribution in [0.15, 0.2) is 47.5 Å². The molecule has 0 aromatic heterocycles. The van der Waals surface area contributed by atoms with Gasteiger partial charge in [0.15, 0.2) is 17.5 Å². The van der Waals surface area contributed by atoms with Crippen LogP contribution in [0.25, 0.3) is 0 Å². The zero-order valence-corrected chi connectivity index (χ0v) is 16.7. The Morgan fingerprint density at radius 2 is 1.83 bits per heavy atom. The Balaban J connectivity index is 1.35. The molecule has 1 aliphatic rings. The van der Waals surface area contributed by atoms with E-state index in [1.807, 2.05) is 18.2 Å². The number of benzene rings is 2. The van der Waals surface area contributed by atoms with Crippen LogP contribution in [-0.2, 0) is 6.42 Å².